The molecule has 1 N–H and O–H groups in total. The Bertz CT molecular complexity index is 1360. The number of thioether (sulfide) groups is 1. The Kier molecular flexibility index (Phi) is 8.86. The second-order valence-corrected chi connectivity index (χ2v) is 11.0. The van der Waals surface area contributed by atoms with E-state index >= 15 is 0 Å². The lowest BCUT2D eigenvalue weighted by Gasteiger charge is -2.36. The highest BCUT2D eigenvalue weighted by atomic mass is 35.5. The molecule has 39 heavy (non-hydrogen) atoms. The summed E-state index contributed by atoms with van der Waals surface area (Å²) in [6.45, 7) is 4.98. The number of anilines is 2. The van der Waals surface area contributed by atoms with Crippen molar-refractivity contribution in [3.05, 3.63) is 94.1 Å². The number of piperazine rings is 1. The summed E-state index contributed by atoms with van der Waals surface area (Å²) in [5.74, 6) is -0.628. The lowest BCUT2D eigenvalue weighted by molar-refractivity contribution is -0.122. The van der Waals surface area contributed by atoms with Crippen molar-refractivity contribution in [3.63, 3.8) is 0 Å². The molecule has 0 aromatic heterocycles. The second-order valence-electron chi connectivity index (χ2n) is 9.50. The van der Waals surface area contributed by atoms with Crippen LogP contribution in [0.15, 0.2) is 82.6 Å². The average molecular weight is 565 g/mol. The van der Waals surface area contributed by atoms with Crippen LogP contribution in [-0.2, 0) is 9.59 Å². The van der Waals surface area contributed by atoms with Crippen LogP contribution < -0.4 is 15.1 Å². The average Bonchev–Trinajstić information content (AvgIpc) is 2.95. The molecule has 1 saturated heterocycles. The van der Waals surface area contributed by atoms with Crippen molar-refractivity contribution in [1.82, 2.24) is 10.2 Å². The number of benzene rings is 3. The van der Waals surface area contributed by atoms with Gasteiger partial charge < -0.3 is 10.2 Å². The van der Waals surface area contributed by atoms with E-state index in [1.165, 1.54) is 23.9 Å². The minimum Gasteiger partial charge on any atom is -0.369 e. The summed E-state index contributed by atoms with van der Waals surface area (Å²) in [6, 6.07) is 21.6. The molecule has 9 heteroatoms. The molecule has 0 unspecified atom stereocenters. The quantitative estimate of drug-likeness (QED) is 0.298. The fourth-order valence-electron chi connectivity index (χ4n) is 4.76. The standard InChI is InChI=1S/C30H30ClFN4O2S/c31-25-7-2-1-6-22(25)20-28-30(38)36(26-8-3-4-9-27(26)39-28)21-29(37)33-14-5-15-34-16-18-35(19-17-34)24-12-10-23(32)11-13-24/h1-4,6-13,20H,5,14-19,21H2,(H,33,37). The van der Waals surface area contributed by atoms with Crippen molar-refractivity contribution >= 4 is 52.6 Å². The van der Waals surface area contributed by atoms with Gasteiger partial charge in [-0.2, -0.15) is 0 Å². The normalized spacial score (nSPS) is 16.9. The van der Waals surface area contributed by atoms with Gasteiger partial charge in [-0.05, 0) is 67.1 Å². The number of para-hydroxylation sites is 1. The Morgan fingerprint density at radius 1 is 0.974 bits per heavy atom. The number of hydrogen-bond donors (Lipinski definition) is 1. The molecule has 0 spiro atoms. The van der Waals surface area contributed by atoms with Gasteiger partial charge in [0.25, 0.3) is 5.91 Å². The zero-order valence-corrected chi connectivity index (χ0v) is 23.1. The van der Waals surface area contributed by atoms with E-state index < -0.39 is 0 Å². The van der Waals surface area contributed by atoms with Gasteiger partial charge in [0, 0.05) is 48.3 Å². The predicted octanol–water partition coefficient (Wildman–Crippen LogP) is 5.29. The minimum absolute atomic E-state index is 0.0490. The van der Waals surface area contributed by atoms with Crippen LogP contribution in [0.1, 0.15) is 12.0 Å². The first-order valence-corrected chi connectivity index (χ1v) is 14.2. The molecule has 5 rings (SSSR count). The number of amides is 2. The molecule has 3 aromatic carbocycles. The van der Waals surface area contributed by atoms with Gasteiger partial charge in [0.15, 0.2) is 0 Å². The van der Waals surface area contributed by atoms with Crippen LogP contribution in [0.3, 0.4) is 0 Å². The molecule has 2 heterocycles. The topological polar surface area (TPSA) is 55.9 Å². The van der Waals surface area contributed by atoms with Gasteiger partial charge in [-0.1, -0.05) is 53.7 Å². The lowest BCUT2D eigenvalue weighted by Crippen LogP contribution is -2.47. The smallest absolute Gasteiger partial charge is 0.265 e. The number of fused-ring (bicyclic) bond motifs is 1. The Hall–Kier alpha value is -3.33. The van der Waals surface area contributed by atoms with Gasteiger partial charge >= 0.3 is 0 Å². The zero-order chi connectivity index (χ0) is 27.2. The van der Waals surface area contributed by atoms with E-state index in [4.69, 9.17) is 11.6 Å². The van der Waals surface area contributed by atoms with Crippen molar-refractivity contribution in [2.45, 2.75) is 11.3 Å². The molecule has 2 aliphatic heterocycles. The molecule has 0 saturated carbocycles. The number of hydrogen-bond acceptors (Lipinski definition) is 5. The van der Waals surface area contributed by atoms with Crippen molar-refractivity contribution < 1.29 is 14.0 Å². The molecule has 6 nitrogen and oxygen atoms in total. The first-order chi connectivity index (χ1) is 19.0. The number of carbonyl (C=O) groups is 2. The highest BCUT2D eigenvalue weighted by Gasteiger charge is 2.30. The maximum absolute atomic E-state index is 13.4. The number of nitrogens with zero attached hydrogens (tertiary/aromatic N) is 3. The number of carbonyl (C=O) groups excluding carboxylic acids is 2. The third kappa shape index (κ3) is 6.82. The SMILES string of the molecule is O=C(CN1C(=O)C(=Cc2ccccc2Cl)Sc2ccccc21)NCCCN1CCN(c2ccc(F)cc2)CC1. The van der Waals surface area contributed by atoms with Crippen molar-refractivity contribution in [3.8, 4) is 0 Å². The Labute approximate surface area is 237 Å². The number of nitrogens with one attached hydrogen (secondary N) is 1. The van der Waals surface area contributed by atoms with Crippen LogP contribution in [0, 0.1) is 5.82 Å². The first-order valence-electron chi connectivity index (χ1n) is 13.0. The molecule has 1 fully saturated rings. The largest absolute Gasteiger partial charge is 0.369 e. The molecule has 2 amide bonds. The predicted molar refractivity (Wildman–Crippen MR) is 157 cm³/mol. The summed E-state index contributed by atoms with van der Waals surface area (Å²) < 4.78 is 13.2. The van der Waals surface area contributed by atoms with Gasteiger partial charge in [-0.3, -0.25) is 19.4 Å². The maximum Gasteiger partial charge on any atom is 0.265 e. The molecule has 2 aliphatic rings. The van der Waals surface area contributed by atoms with E-state index in [1.54, 1.807) is 17.0 Å². The number of rotatable bonds is 8. The van der Waals surface area contributed by atoms with Crippen LogP contribution >= 0.6 is 23.4 Å². The van der Waals surface area contributed by atoms with Gasteiger partial charge in [0.1, 0.15) is 12.4 Å². The van der Waals surface area contributed by atoms with Crippen LogP contribution in [-0.4, -0.2) is 62.5 Å². The summed E-state index contributed by atoms with van der Waals surface area (Å²) in [7, 11) is 0. The maximum atomic E-state index is 13.4. The Morgan fingerprint density at radius 3 is 2.46 bits per heavy atom. The summed E-state index contributed by atoms with van der Waals surface area (Å²) >= 11 is 7.71. The van der Waals surface area contributed by atoms with Gasteiger partial charge in [0.05, 0.1) is 10.6 Å². The molecule has 3 aromatic rings. The molecule has 0 atom stereocenters. The second kappa shape index (κ2) is 12.7. The summed E-state index contributed by atoms with van der Waals surface area (Å²) in [4.78, 5) is 33.9. The van der Waals surface area contributed by atoms with Crippen molar-refractivity contribution in [1.29, 1.82) is 0 Å². The lowest BCUT2D eigenvalue weighted by atomic mass is 10.2. The van der Waals surface area contributed by atoms with Gasteiger partial charge in [-0.25, -0.2) is 4.39 Å². The van der Waals surface area contributed by atoms with Crippen molar-refractivity contribution in [2.75, 3.05) is 55.6 Å². The molecule has 202 valence electrons. The third-order valence-corrected chi connectivity index (χ3v) is 8.28. The molecule has 0 aliphatic carbocycles. The van der Waals surface area contributed by atoms with Crippen LogP contribution in [0.2, 0.25) is 5.02 Å². The minimum atomic E-state index is -0.221. The third-order valence-electron chi connectivity index (χ3n) is 6.86. The summed E-state index contributed by atoms with van der Waals surface area (Å²) in [6.07, 6.45) is 2.60. The van der Waals surface area contributed by atoms with Crippen molar-refractivity contribution in [2.24, 2.45) is 0 Å². The highest BCUT2D eigenvalue weighted by Crippen LogP contribution is 2.42. The van der Waals surface area contributed by atoms with Gasteiger partial charge in [-0.15, -0.1) is 0 Å². The van der Waals surface area contributed by atoms with E-state index in [0.29, 0.717) is 16.5 Å². The summed E-state index contributed by atoms with van der Waals surface area (Å²) in [5, 5.41) is 3.55. The summed E-state index contributed by atoms with van der Waals surface area (Å²) in [5.41, 5.74) is 2.54. The zero-order valence-electron chi connectivity index (χ0n) is 21.5. The van der Waals surface area contributed by atoms with E-state index in [0.717, 1.165) is 61.0 Å². The van der Waals surface area contributed by atoms with E-state index in [-0.39, 0.29) is 24.2 Å². The monoisotopic (exact) mass is 564 g/mol. The van der Waals surface area contributed by atoms with E-state index in [2.05, 4.69) is 15.1 Å². The van der Waals surface area contributed by atoms with Gasteiger partial charge in [0.2, 0.25) is 5.91 Å². The van der Waals surface area contributed by atoms with E-state index in [9.17, 15) is 14.0 Å². The molecular formula is C30H30ClFN4O2S. The molecular weight excluding hydrogens is 535 g/mol. The van der Waals surface area contributed by atoms with E-state index in [1.807, 2.05) is 54.6 Å². The fourth-order valence-corrected chi connectivity index (χ4v) is 6.00. The Balaban J connectivity index is 1.12. The highest BCUT2D eigenvalue weighted by molar-refractivity contribution is 8.04. The fraction of sp³-hybridized carbons (Fsp3) is 0.267. The first kappa shape index (κ1) is 27.2. The van der Waals surface area contributed by atoms with Crippen LogP contribution in [0.5, 0.6) is 0 Å². The number of halogens is 2. The van der Waals surface area contributed by atoms with Crippen LogP contribution in [0.25, 0.3) is 6.08 Å². The molecule has 0 bridgehead atoms. The Morgan fingerprint density at radius 2 is 1.69 bits per heavy atom. The van der Waals surface area contributed by atoms with Crippen LogP contribution in [0.4, 0.5) is 15.8 Å². The molecule has 0 radical (unpaired) electrons.